The Balaban J connectivity index is 1.47. The van der Waals surface area contributed by atoms with Crippen molar-refractivity contribution in [1.82, 2.24) is 4.31 Å². The zero-order chi connectivity index (χ0) is 24.3. The van der Waals surface area contributed by atoms with E-state index in [1.165, 1.54) is 22.4 Å². The summed E-state index contributed by atoms with van der Waals surface area (Å²) < 4.78 is 43.6. The Morgan fingerprint density at radius 3 is 2.53 bits per heavy atom. The number of aryl methyl sites for hydroxylation is 1. The number of para-hydroxylation sites is 2. The van der Waals surface area contributed by atoms with Gasteiger partial charge in [-0.2, -0.15) is 4.31 Å². The molecule has 1 fully saturated rings. The molecule has 1 atom stereocenters. The van der Waals surface area contributed by atoms with Crippen LogP contribution in [0.15, 0.2) is 47.4 Å². The molecule has 2 aliphatic rings. The summed E-state index contributed by atoms with van der Waals surface area (Å²) in [5, 5.41) is 0. The Bertz CT molecular complexity index is 1180. The van der Waals surface area contributed by atoms with E-state index in [2.05, 4.69) is 0 Å². The lowest BCUT2D eigenvalue weighted by atomic mass is 10.2. The lowest BCUT2D eigenvalue weighted by Gasteiger charge is -2.33. The van der Waals surface area contributed by atoms with Gasteiger partial charge in [-0.15, -0.1) is 0 Å². The standard InChI is InChI=1S/C24H28N2O7S/c1-17-14-18(34(29,30)25-12-6-3-7-13-25)10-11-20(17)32-16-23(27)26-15-22(24(28)31-2)33-21-9-5-4-8-19(21)26/h4-5,8-11,14,22H,3,6-7,12-13,15-16H2,1-2H3. The van der Waals surface area contributed by atoms with E-state index in [-0.39, 0.29) is 24.0 Å². The largest absolute Gasteiger partial charge is 0.483 e. The number of methoxy groups -OCH3 is 1. The number of fused-ring (bicyclic) bond motifs is 1. The van der Waals surface area contributed by atoms with Crippen LogP contribution >= 0.6 is 0 Å². The van der Waals surface area contributed by atoms with Gasteiger partial charge in [0, 0.05) is 13.1 Å². The van der Waals surface area contributed by atoms with E-state index in [1.807, 2.05) is 0 Å². The smallest absolute Gasteiger partial charge is 0.348 e. The van der Waals surface area contributed by atoms with Gasteiger partial charge in [-0.05, 0) is 55.7 Å². The molecule has 10 heteroatoms. The van der Waals surface area contributed by atoms with Gasteiger partial charge in [-0.25, -0.2) is 13.2 Å². The fourth-order valence-corrected chi connectivity index (χ4v) is 5.74. The van der Waals surface area contributed by atoms with Gasteiger partial charge in [-0.1, -0.05) is 18.6 Å². The van der Waals surface area contributed by atoms with E-state index in [0.29, 0.717) is 35.8 Å². The number of rotatable bonds is 6. The number of benzene rings is 2. The van der Waals surface area contributed by atoms with E-state index in [1.54, 1.807) is 43.3 Å². The minimum atomic E-state index is -3.56. The number of esters is 1. The van der Waals surface area contributed by atoms with Gasteiger partial charge < -0.3 is 19.1 Å². The molecule has 0 aliphatic carbocycles. The molecule has 0 aromatic heterocycles. The normalized spacial score (nSPS) is 18.5. The summed E-state index contributed by atoms with van der Waals surface area (Å²) in [5.41, 5.74) is 1.15. The Hall–Kier alpha value is -3.11. The predicted octanol–water partition coefficient (Wildman–Crippen LogP) is 2.52. The maximum atomic E-state index is 13.0. The summed E-state index contributed by atoms with van der Waals surface area (Å²) in [5.74, 6) is -0.124. The number of sulfonamides is 1. The molecular formula is C24H28N2O7S. The number of hydrogen-bond donors (Lipinski definition) is 0. The van der Waals surface area contributed by atoms with Crippen molar-refractivity contribution in [3.63, 3.8) is 0 Å². The summed E-state index contributed by atoms with van der Waals surface area (Å²) in [4.78, 5) is 26.7. The van der Waals surface area contributed by atoms with Crippen molar-refractivity contribution in [2.75, 3.05) is 38.3 Å². The maximum absolute atomic E-state index is 13.0. The molecule has 1 amide bonds. The van der Waals surface area contributed by atoms with Crippen LogP contribution in [-0.2, 0) is 24.3 Å². The zero-order valence-electron chi connectivity index (χ0n) is 19.2. The van der Waals surface area contributed by atoms with Gasteiger partial charge in [0.05, 0.1) is 24.2 Å². The SMILES string of the molecule is COC(=O)C1CN(C(=O)COc2ccc(S(=O)(=O)N3CCCCC3)cc2C)c2ccccc2O1. The van der Waals surface area contributed by atoms with Crippen LogP contribution in [0.4, 0.5) is 5.69 Å². The van der Waals surface area contributed by atoms with Gasteiger partial charge in [0.2, 0.25) is 16.1 Å². The topological polar surface area (TPSA) is 102 Å². The molecule has 1 saturated heterocycles. The van der Waals surface area contributed by atoms with Crippen LogP contribution in [0.3, 0.4) is 0 Å². The highest BCUT2D eigenvalue weighted by Crippen LogP contribution is 2.33. The van der Waals surface area contributed by atoms with Crippen LogP contribution in [0.5, 0.6) is 11.5 Å². The molecule has 2 aromatic carbocycles. The average molecular weight is 489 g/mol. The number of carbonyl (C=O) groups is 2. The van der Waals surface area contributed by atoms with Crippen LogP contribution in [0, 0.1) is 6.92 Å². The van der Waals surface area contributed by atoms with Crippen molar-refractivity contribution >= 4 is 27.6 Å². The van der Waals surface area contributed by atoms with E-state index in [9.17, 15) is 18.0 Å². The number of anilines is 1. The molecule has 0 bridgehead atoms. The Morgan fingerprint density at radius 1 is 1.09 bits per heavy atom. The second-order valence-corrected chi connectivity index (χ2v) is 10.2. The molecule has 2 aromatic rings. The van der Waals surface area contributed by atoms with E-state index in [4.69, 9.17) is 14.2 Å². The van der Waals surface area contributed by atoms with Crippen LogP contribution in [0.2, 0.25) is 0 Å². The zero-order valence-corrected chi connectivity index (χ0v) is 20.0. The first-order valence-electron chi connectivity index (χ1n) is 11.2. The summed E-state index contributed by atoms with van der Waals surface area (Å²) in [6, 6.07) is 11.6. The third-order valence-electron chi connectivity index (χ3n) is 5.99. The van der Waals surface area contributed by atoms with Crippen molar-refractivity contribution in [3.05, 3.63) is 48.0 Å². The average Bonchev–Trinajstić information content (AvgIpc) is 2.87. The van der Waals surface area contributed by atoms with Gasteiger partial charge in [0.25, 0.3) is 5.91 Å². The highest BCUT2D eigenvalue weighted by Gasteiger charge is 2.34. The van der Waals surface area contributed by atoms with E-state index >= 15 is 0 Å². The maximum Gasteiger partial charge on any atom is 0.348 e. The highest BCUT2D eigenvalue weighted by atomic mass is 32.2. The number of hydrogen-bond acceptors (Lipinski definition) is 7. The molecule has 9 nitrogen and oxygen atoms in total. The fourth-order valence-electron chi connectivity index (χ4n) is 4.14. The number of ether oxygens (including phenoxy) is 3. The molecule has 2 heterocycles. The lowest BCUT2D eigenvalue weighted by Crippen LogP contribution is -2.48. The van der Waals surface area contributed by atoms with Crippen molar-refractivity contribution in [2.45, 2.75) is 37.2 Å². The summed E-state index contributed by atoms with van der Waals surface area (Å²) in [6.45, 7) is 2.51. The van der Waals surface area contributed by atoms with Gasteiger partial charge >= 0.3 is 5.97 Å². The predicted molar refractivity (Wildman–Crippen MR) is 125 cm³/mol. The Labute approximate surface area is 199 Å². The van der Waals surface area contributed by atoms with Crippen LogP contribution < -0.4 is 14.4 Å². The van der Waals surface area contributed by atoms with E-state index < -0.39 is 22.1 Å². The number of nitrogens with zero attached hydrogens (tertiary/aromatic N) is 2. The minimum Gasteiger partial charge on any atom is -0.483 e. The Kier molecular flexibility index (Phi) is 7.08. The quantitative estimate of drug-likeness (QED) is 0.576. The van der Waals surface area contributed by atoms with Gasteiger partial charge in [-0.3, -0.25) is 4.79 Å². The molecule has 1 unspecified atom stereocenters. The monoisotopic (exact) mass is 488 g/mol. The molecule has 0 spiro atoms. The van der Waals surface area contributed by atoms with Crippen molar-refractivity contribution in [3.8, 4) is 11.5 Å². The van der Waals surface area contributed by atoms with Crippen LogP contribution in [-0.4, -0.2) is 64.1 Å². The molecule has 4 rings (SSSR count). The van der Waals surface area contributed by atoms with Crippen LogP contribution in [0.1, 0.15) is 24.8 Å². The second-order valence-electron chi connectivity index (χ2n) is 8.28. The number of piperidine rings is 1. The summed E-state index contributed by atoms with van der Waals surface area (Å²) >= 11 is 0. The molecular weight excluding hydrogens is 460 g/mol. The van der Waals surface area contributed by atoms with Crippen molar-refractivity contribution in [1.29, 1.82) is 0 Å². The third-order valence-corrected chi connectivity index (χ3v) is 7.88. The molecule has 0 N–H and O–H groups in total. The van der Waals surface area contributed by atoms with Crippen LogP contribution in [0.25, 0.3) is 0 Å². The van der Waals surface area contributed by atoms with Gasteiger partial charge in [0.15, 0.2) is 6.61 Å². The molecule has 34 heavy (non-hydrogen) atoms. The second kappa shape index (κ2) is 10.0. The summed E-state index contributed by atoms with van der Waals surface area (Å²) in [7, 11) is -2.29. The molecule has 2 aliphatic heterocycles. The fraction of sp³-hybridized carbons (Fsp3) is 0.417. The summed E-state index contributed by atoms with van der Waals surface area (Å²) in [6.07, 6.45) is 1.83. The van der Waals surface area contributed by atoms with Crippen molar-refractivity contribution < 1.29 is 32.2 Å². The first-order chi connectivity index (χ1) is 16.3. The number of amides is 1. The lowest BCUT2D eigenvalue weighted by molar-refractivity contribution is -0.148. The molecule has 182 valence electrons. The minimum absolute atomic E-state index is 0.00210. The Morgan fingerprint density at radius 2 is 1.82 bits per heavy atom. The first-order valence-corrected chi connectivity index (χ1v) is 12.6. The third kappa shape index (κ3) is 4.88. The highest BCUT2D eigenvalue weighted by molar-refractivity contribution is 7.89. The van der Waals surface area contributed by atoms with E-state index in [0.717, 1.165) is 19.3 Å². The number of carbonyl (C=O) groups excluding carboxylic acids is 2. The van der Waals surface area contributed by atoms with Gasteiger partial charge in [0.1, 0.15) is 11.5 Å². The molecule has 0 radical (unpaired) electrons. The molecule has 0 saturated carbocycles. The van der Waals surface area contributed by atoms with Crippen molar-refractivity contribution in [2.24, 2.45) is 0 Å². The first kappa shape index (κ1) is 24.0.